The Morgan fingerprint density at radius 1 is 0.677 bits per heavy atom. The van der Waals surface area contributed by atoms with Crippen LogP contribution in [0.1, 0.15) is 135 Å². The van der Waals surface area contributed by atoms with E-state index >= 15 is 0 Å². The molecular formula is C29H51NO. The number of aliphatic imine (C=N–C) groups is 1. The van der Waals surface area contributed by atoms with E-state index in [1.165, 1.54) is 115 Å². The smallest absolute Gasteiger partial charge is 0.119 e. The molecule has 0 fully saturated rings. The highest BCUT2D eigenvalue weighted by Crippen LogP contribution is 2.23. The average Bonchev–Trinajstić information content (AvgIpc) is 2.77. The van der Waals surface area contributed by atoms with Gasteiger partial charge in [0.25, 0.3) is 0 Å². The Labute approximate surface area is 194 Å². The lowest BCUT2D eigenvalue weighted by atomic mass is 10.0. The molecule has 2 nitrogen and oxygen atoms in total. The molecule has 0 amide bonds. The molecule has 0 spiro atoms. The van der Waals surface area contributed by atoms with Crippen LogP contribution in [0.15, 0.2) is 23.2 Å². The molecule has 0 bridgehead atoms. The van der Waals surface area contributed by atoms with Gasteiger partial charge in [-0.3, -0.25) is 4.99 Å². The van der Waals surface area contributed by atoms with Crippen molar-refractivity contribution in [1.82, 2.24) is 0 Å². The highest BCUT2D eigenvalue weighted by molar-refractivity contribution is 5.62. The molecule has 0 heterocycles. The van der Waals surface area contributed by atoms with Gasteiger partial charge in [0.05, 0.1) is 12.3 Å². The predicted octanol–water partition coefficient (Wildman–Crippen LogP) is 10.1. The summed E-state index contributed by atoms with van der Waals surface area (Å²) in [5.74, 6) is 0.972. The van der Waals surface area contributed by atoms with Crippen LogP contribution in [0.5, 0.6) is 5.75 Å². The van der Waals surface area contributed by atoms with Gasteiger partial charge in [-0.25, -0.2) is 0 Å². The number of benzene rings is 1. The molecule has 0 aliphatic heterocycles. The Kier molecular flexibility index (Phi) is 18.4. The van der Waals surface area contributed by atoms with Gasteiger partial charge in [0.2, 0.25) is 0 Å². The monoisotopic (exact) mass is 429 g/mol. The van der Waals surface area contributed by atoms with Crippen LogP contribution in [0.2, 0.25) is 0 Å². The first-order valence-corrected chi connectivity index (χ1v) is 13.5. The summed E-state index contributed by atoms with van der Waals surface area (Å²) < 4.78 is 5.90. The molecule has 0 N–H and O–H groups in total. The van der Waals surface area contributed by atoms with Gasteiger partial charge in [-0.1, -0.05) is 116 Å². The summed E-state index contributed by atoms with van der Waals surface area (Å²) in [6.07, 6.45) is 27.2. The van der Waals surface area contributed by atoms with Crippen LogP contribution in [0, 0.1) is 6.92 Å². The first-order valence-electron chi connectivity index (χ1n) is 13.5. The summed E-state index contributed by atoms with van der Waals surface area (Å²) in [7, 11) is 0. The average molecular weight is 430 g/mol. The van der Waals surface area contributed by atoms with Crippen molar-refractivity contribution >= 4 is 11.9 Å². The Hall–Kier alpha value is -1.31. The minimum Gasteiger partial charge on any atom is -0.494 e. The number of unbranched alkanes of at least 4 members (excludes halogenated alkanes) is 17. The largest absolute Gasteiger partial charge is 0.494 e. The fraction of sp³-hybridized carbons (Fsp3) is 0.759. The van der Waals surface area contributed by atoms with Crippen LogP contribution >= 0.6 is 0 Å². The van der Waals surface area contributed by atoms with Gasteiger partial charge in [0.15, 0.2) is 0 Å². The summed E-state index contributed by atoms with van der Waals surface area (Å²) in [5, 5.41) is 0. The molecule has 2 heteroatoms. The van der Waals surface area contributed by atoms with Crippen molar-refractivity contribution in [2.45, 2.75) is 136 Å². The van der Waals surface area contributed by atoms with Gasteiger partial charge in [-0.05, 0) is 44.0 Å². The van der Waals surface area contributed by atoms with E-state index in [0.717, 1.165) is 24.5 Å². The van der Waals surface area contributed by atoms with Gasteiger partial charge in [-0.15, -0.1) is 0 Å². The third-order valence-corrected chi connectivity index (χ3v) is 6.20. The quantitative estimate of drug-likeness (QED) is 0.141. The van der Waals surface area contributed by atoms with E-state index in [4.69, 9.17) is 4.74 Å². The lowest BCUT2D eigenvalue weighted by molar-refractivity contribution is 0.304. The number of nitrogens with zero attached hydrogens (tertiary/aromatic N) is 1. The van der Waals surface area contributed by atoms with Crippen LogP contribution in [-0.2, 0) is 0 Å². The lowest BCUT2D eigenvalue weighted by Gasteiger charge is -2.08. The Morgan fingerprint density at radius 3 is 1.55 bits per heavy atom. The summed E-state index contributed by atoms with van der Waals surface area (Å²) in [6, 6.07) is 6.17. The zero-order valence-corrected chi connectivity index (χ0v) is 21.1. The normalized spacial score (nSPS) is 11.5. The summed E-state index contributed by atoms with van der Waals surface area (Å²) >= 11 is 0. The molecule has 0 radical (unpaired) electrons. The van der Waals surface area contributed by atoms with Crippen LogP contribution in [0.25, 0.3) is 0 Å². The number of hydrogen-bond donors (Lipinski definition) is 0. The Bertz CT molecular complexity index is 552. The van der Waals surface area contributed by atoms with E-state index < -0.39 is 0 Å². The van der Waals surface area contributed by atoms with Gasteiger partial charge >= 0.3 is 0 Å². The Morgan fingerprint density at radius 2 is 1.13 bits per heavy atom. The van der Waals surface area contributed by atoms with Crippen molar-refractivity contribution in [3.05, 3.63) is 23.8 Å². The summed E-state index contributed by atoms with van der Waals surface area (Å²) in [5.41, 5.74) is 2.21. The zero-order chi connectivity index (χ0) is 22.4. The summed E-state index contributed by atoms with van der Waals surface area (Å²) in [4.78, 5) is 4.35. The molecule has 1 aromatic rings. The SMILES string of the molecule is CC=Nc1ccc(OCCCCCCCCCCCCCCCCCCCC)cc1C. The van der Waals surface area contributed by atoms with Gasteiger partial charge in [0.1, 0.15) is 5.75 Å². The van der Waals surface area contributed by atoms with Crippen LogP contribution in [-0.4, -0.2) is 12.8 Å². The molecular weight excluding hydrogens is 378 g/mol. The summed E-state index contributed by atoms with van der Waals surface area (Å²) in [6.45, 7) is 7.16. The molecule has 1 rings (SSSR count). The molecule has 1 aromatic carbocycles. The van der Waals surface area contributed by atoms with E-state index in [9.17, 15) is 0 Å². The van der Waals surface area contributed by atoms with E-state index in [0.29, 0.717) is 0 Å². The standard InChI is InChI=1S/C29H51NO/c1-4-6-7-8-9-10-11-12-13-14-15-16-17-18-19-20-21-22-25-31-28-23-24-29(30-5-2)27(3)26-28/h5,23-24,26H,4,6-22,25H2,1-3H3. The number of rotatable bonds is 21. The molecule has 0 unspecified atom stereocenters. The lowest BCUT2D eigenvalue weighted by Crippen LogP contribution is -1.97. The van der Waals surface area contributed by atoms with E-state index in [1.807, 2.05) is 25.3 Å². The van der Waals surface area contributed by atoms with Crippen LogP contribution < -0.4 is 4.74 Å². The van der Waals surface area contributed by atoms with Gasteiger partial charge in [0, 0.05) is 6.21 Å². The zero-order valence-electron chi connectivity index (χ0n) is 21.1. The van der Waals surface area contributed by atoms with Crippen molar-refractivity contribution < 1.29 is 4.74 Å². The minimum atomic E-state index is 0.828. The highest BCUT2D eigenvalue weighted by atomic mass is 16.5. The number of ether oxygens (including phenoxy) is 1. The van der Waals surface area contributed by atoms with Crippen LogP contribution in [0.3, 0.4) is 0 Å². The maximum Gasteiger partial charge on any atom is 0.119 e. The second-order valence-electron chi connectivity index (χ2n) is 9.19. The fourth-order valence-electron chi connectivity index (χ4n) is 4.20. The molecule has 0 saturated carbocycles. The maximum absolute atomic E-state index is 5.90. The van der Waals surface area contributed by atoms with E-state index in [1.54, 1.807) is 0 Å². The molecule has 0 aromatic heterocycles. The fourth-order valence-corrected chi connectivity index (χ4v) is 4.20. The topological polar surface area (TPSA) is 21.6 Å². The third-order valence-electron chi connectivity index (χ3n) is 6.20. The highest BCUT2D eigenvalue weighted by Gasteiger charge is 2.00. The van der Waals surface area contributed by atoms with Crippen molar-refractivity contribution in [3.8, 4) is 5.75 Å². The van der Waals surface area contributed by atoms with E-state index in [-0.39, 0.29) is 0 Å². The Balaban J connectivity index is 1.80. The van der Waals surface area contributed by atoms with Crippen molar-refractivity contribution in [2.75, 3.05) is 6.61 Å². The van der Waals surface area contributed by atoms with E-state index in [2.05, 4.69) is 24.9 Å². The molecule has 0 aliphatic rings. The first-order chi connectivity index (χ1) is 15.3. The van der Waals surface area contributed by atoms with Crippen molar-refractivity contribution in [2.24, 2.45) is 4.99 Å². The van der Waals surface area contributed by atoms with Crippen LogP contribution in [0.4, 0.5) is 5.69 Å². The van der Waals surface area contributed by atoms with Gasteiger partial charge < -0.3 is 4.74 Å². The van der Waals surface area contributed by atoms with Crippen molar-refractivity contribution in [1.29, 1.82) is 0 Å². The number of hydrogen-bond acceptors (Lipinski definition) is 2. The van der Waals surface area contributed by atoms with Gasteiger partial charge in [-0.2, -0.15) is 0 Å². The predicted molar refractivity (Wildman–Crippen MR) is 139 cm³/mol. The molecule has 0 saturated heterocycles. The third kappa shape index (κ3) is 16.0. The molecule has 31 heavy (non-hydrogen) atoms. The second kappa shape index (κ2) is 20.6. The molecule has 0 aliphatic carbocycles. The molecule has 0 atom stereocenters. The minimum absolute atomic E-state index is 0.828. The maximum atomic E-state index is 5.90. The second-order valence-corrected chi connectivity index (χ2v) is 9.19. The number of aryl methyl sites for hydroxylation is 1. The first kappa shape index (κ1) is 27.7. The van der Waals surface area contributed by atoms with Crippen molar-refractivity contribution in [3.63, 3.8) is 0 Å². The molecule has 178 valence electrons.